The summed E-state index contributed by atoms with van der Waals surface area (Å²) in [6, 6.07) is 7.41. The number of hydrogen-bond acceptors (Lipinski definition) is 5. The van der Waals surface area contributed by atoms with E-state index in [1.165, 1.54) is 7.11 Å². The van der Waals surface area contributed by atoms with Gasteiger partial charge in [0, 0.05) is 17.1 Å². The molecule has 0 saturated carbocycles. The molecular formula is C15H17ClN2O3. The number of ether oxygens (including phenoxy) is 1. The summed E-state index contributed by atoms with van der Waals surface area (Å²) < 4.78 is 10.3. The lowest BCUT2D eigenvalue weighted by molar-refractivity contribution is -0.140. The maximum absolute atomic E-state index is 11.1. The Balaban J connectivity index is 1.95. The van der Waals surface area contributed by atoms with Crippen molar-refractivity contribution >= 4 is 17.6 Å². The number of halogens is 1. The maximum Gasteiger partial charge on any atom is 0.306 e. The molecule has 1 heterocycles. The highest BCUT2D eigenvalue weighted by atomic mass is 35.5. The summed E-state index contributed by atoms with van der Waals surface area (Å²) in [6.07, 6.45) is 2.02. The molecule has 21 heavy (non-hydrogen) atoms. The quantitative estimate of drug-likeness (QED) is 0.768. The molecule has 2 rings (SSSR count). The van der Waals surface area contributed by atoms with Crippen LogP contribution < -0.4 is 0 Å². The number of aromatic nitrogens is 1. The predicted molar refractivity (Wildman–Crippen MR) is 79.9 cm³/mol. The standard InChI is InChI=1S/C15H17ClN2O3/c1-18(7-6-15(19)20-2)10-14-17-9-13(21-14)11-4-3-5-12(16)8-11/h3-5,8-9H,6-7,10H2,1-2H3. The number of methoxy groups -OCH3 is 1. The molecule has 0 bridgehead atoms. The summed E-state index contributed by atoms with van der Waals surface area (Å²) >= 11 is 5.96. The fraction of sp³-hybridized carbons (Fsp3) is 0.333. The second-order valence-electron chi connectivity index (χ2n) is 4.69. The van der Waals surface area contributed by atoms with Gasteiger partial charge in [-0.15, -0.1) is 0 Å². The normalized spacial score (nSPS) is 10.9. The molecule has 0 aliphatic heterocycles. The zero-order valence-corrected chi connectivity index (χ0v) is 12.8. The first-order chi connectivity index (χ1) is 10.1. The van der Waals surface area contributed by atoms with E-state index in [2.05, 4.69) is 9.72 Å². The predicted octanol–water partition coefficient (Wildman–Crippen LogP) is 2.99. The molecule has 0 amide bonds. The van der Waals surface area contributed by atoms with Crippen molar-refractivity contribution in [1.82, 2.24) is 9.88 Å². The minimum Gasteiger partial charge on any atom is -0.469 e. The van der Waals surface area contributed by atoms with Gasteiger partial charge in [0.25, 0.3) is 0 Å². The molecule has 1 aromatic heterocycles. The Bertz CT molecular complexity index is 612. The molecule has 0 fully saturated rings. The number of nitrogens with zero attached hydrogens (tertiary/aromatic N) is 2. The van der Waals surface area contributed by atoms with Crippen LogP contribution in [-0.2, 0) is 16.1 Å². The van der Waals surface area contributed by atoms with Crippen LogP contribution in [0.4, 0.5) is 0 Å². The Labute approximate surface area is 128 Å². The number of hydrogen-bond donors (Lipinski definition) is 0. The molecule has 0 aliphatic rings. The van der Waals surface area contributed by atoms with Crippen LogP contribution in [0.3, 0.4) is 0 Å². The second-order valence-corrected chi connectivity index (χ2v) is 5.13. The van der Waals surface area contributed by atoms with Crippen LogP contribution in [0.15, 0.2) is 34.9 Å². The summed E-state index contributed by atoms with van der Waals surface area (Å²) in [4.78, 5) is 17.3. The summed E-state index contributed by atoms with van der Waals surface area (Å²) in [5.41, 5.74) is 0.887. The molecule has 112 valence electrons. The summed E-state index contributed by atoms with van der Waals surface area (Å²) in [5, 5.41) is 0.653. The van der Waals surface area contributed by atoms with Crippen LogP contribution in [0.25, 0.3) is 11.3 Å². The Morgan fingerprint density at radius 1 is 1.48 bits per heavy atom. The first kappa shape index (κ1) is 15.5. The average molecular weight is 309 g/mol. The van der Waals surface area contributed by atoms with E-state index in [1.807, 2.05) is 36.2 Å². The van der Waals surface area contributed by atoms with Crippen LogP contribution >= 0.6 is 11.6 Å². The van der Waals surface area contributed by atoms with Crippen molar-refractivity contribution in [2.24, 2.45) is 0 Å². The second kappa shape index (κ2) is 7.24. The van der Waals surface area contributed by atoms with Gasteiger partial charge in [-0.1, -0.05) is 23.7 Å². The topological polar surface area (TPSA) is 55.6 Å². The molecule has 1 aromatic carbocycles. The van der Waals surface area contributed by atoms with E-state index in [1.54, 1.807) is 6.20 Å². The van der Waals surface area contributed by atoms with Gasteiger partial charge < -0.3 is 9.15 Å². The van der Waals surface area contributed by atoms with Crippen LogP contribution in [0.2, 0.25) is 5.02 Å². The van der Waals surface area contributed by atoms with Crippen molar-refractivity contribution in [3.05, 3.63) is 41.4 Å². The van der Waals surface area contributed by atoms with Gasteiger partial charge >= 0.3 is 5.97 Å². The smallest absolute Gasteiger partial charge is 0.306 e. The SMILES string of the molecule is COC(=O)CCN(C)Cc1ncc(-c2cccc(Cl)c2)o1. The zero-order valence-electron chi connectivity index (χ0n) is 12.0. The number of benzene rings is 1. The van der Waals surface area contributed by atoms with Gasteiger partial charge in [0.15, 0.2) is 5.76 Å². The largest absolute Gasteiger partial charge is 0.469 e. The summed E-state index contributed by atoms with van der Waals surface area (Å²) in [5.74, 6) is 1.04. The third kappa shape index (κ3) is 4.58. The number of esters is 1. The Morgan fingerprint density at radius 2 is 2.29 bits per heavy atom. The van der Waals surface area contributed by atoms with Crippen molar-refractivity contribution in [1.29, 1.82) is 0 Å². The van der Waals surface area contributed by atoms with Crippen LogP contribution in [0, 0.1) is 0 Å². The zero-order chi connectivity index (χ0) is 15.2. The van der Waals surface area contributed by atoms with Gasteiger partial charge in [-0.05, 0) is 19.2 Å². The maximum atomic E-state index is 11.1. The van der Waals surface area contributed by atoms with Gasteiger partial charge in [-0.2, -0.15) is 0 Å². The van der Waals surface area contributed by atoms with E-state index >= 15 is 0 Å². The summed E-state index contributed by atoms with van der Waals surface area (Å²) in [6.45, 7) is 1.11. The number of carbonyl (C=O) groups excluding carboxylic acids is 1. The Kier molecular flexibility index (Phi) is 5.36. The molecule has 6 heteroatoms. The summed E-state index contributed by atoms with van der Waals surface area (Å²) in [7, 11) is 3.28. The minimum absolute atomic E-state index is 0.228. The first-order valence-electron chi connectivity index (χ1n) is 6.54. The third-order valence-electron chi connectivity index (χ3n) is 2.99. The average Bonchev–Trinajstić information content (AvgIpc) is 2.93. The van der Waals surface area contributed by atoms with E-state index in [-0.39, 0.29) is 5.97 Å². The van der Waals surface area contributed by atoms with Crippen molar-refractivity contribution < 1.29 is 13.9 Å². The minimum atomic E-state index is -0.228. The van der Waals surface area contributed by atoms with Gasteiger partial charge in [-0.3, -0.25) is 9.69 Å². The molecular weight excluding hydrogens is 292 g/mol. The van der Waals surface area contributed by atoms with Crippen molar-refractivity contribution in [2.45, 2.75) is 13.0 Å². The van der Waals surface area contributed by atoms with Crippen molar-refractivity contribution in [2.75, 3.05) is 20.7 Å². The van der Waals surface area contributed by atoms with Gasteiger partial charge in [-0.25, -0.2) is 4.98 Å². The Hall–Kier alpha value is -1.85. The van der Waals surface area contributed by atoms with E-state index < -0.39 is 0 Å². The molecule has 0 radical (unpaired) electrons. The number of oxazole rings is 1. The molecule has 5 nitrogen and oxygen atoms in total. The molecule has 0 atom stereocenters. The first-order valence-corrected chi connectivity index (χ1v) is 6.92. The van der Waals surface area contributed by atoms with Crippen molar-refractivity contribution in [3.8, 4) is 11.3 Å². The molecule has 0 N–H and O–H groups in total. The highest BCUT2D eigenvalue weighted by molar-refractivity contribution is 6.30. The van der Waals surface area contributed by atoms with E-state index in [0.717, 1.165) is 5.56 Å². The van der Waals surface area contributed by atoms with Crippen LogP contribution in [0.1, 0.15) is 12.3 Å². The lowest BCUT2D eigenvalue weighted by Crippen LogP contribution is -2.22. The highest BCUT2D eigenvalue weighted by Crippen LogP contribution is 2.23. The lowest BCUT2D eigenvalue weighted by Gasteiger charge is -2.13. The molecule has 0 spiro atoms. The monoisotopic (exact) mass is 308 g/mol. The van der Waals surface area contributed by atoms with Crippen molar-refractivity contribution in [3.63, 3.8) is 0 Å². The van der Waals surface area contributed by atoms with E-state index in [4.69, 9.17) is 16.0 Å². The molecule has 0 saturated heterocycles. The Morgan fingerprint density at radius 3 is 3.00 bits per heavy atom. The fourth-order valence-corrected chi connectivity index (χ4v) is 2.04. The third-order valence-corrected chi connectivity index (χ3v) is 3.23. The highest BCUT2D eigenvalue weighted by Gasteiger charge is 2.10. The van der Waals surface area contributed by atoms with Crippen LogP contribution in [0.5, 0.6) is 0 Å². The molecule has 0 aliphatic carbocycles. The van der Waals surface area contributed by atoms with Gasteiger partial charge in [0.05, 0.1) is 26.3 Å². The fourth-order valence-electron chi connectivity index (χ4n) is 1.85. The molecule has 0 unspecified atom stereocenters. The van der Waals surface area contributed by atoms with Gasteiger partial charge in [0.2, 0.25) is 5.89 Å². The van der Waals surface area contributed by atoms with E-state index in [0.29, 0.717) is 36.2 Å². The van der Waals surface area contributed by atoms with Crippen LogP contribution in [-0.4, -0.2) is 36.6 Å². The molecule has 2 aromatic rings. The van der Waals surface area contributed by atoms with E-state index in [9.17, 15) is 4.79 Å². The van der Waals surface area contributed by atoms with Gasteiger partial charge in [0.1, 0.15) is 0 Å². The lowest BCUT2D eigenvalue weighted by atomic mass is 10.2. The number of carbonyl (C=O) groups is 1. The number of rotatable bonds is 6.